The van der Waals surface area contributed by atoms with Crippen molar-refractivity contribution in [3.63, 3.8) is 0 Å². The molecule has 0 spiro atoms. The van der Waals surface area contributed by atoms with Crippen molar-refractivity contribution in [3.05, 3.63) is 42.2 Å². The highest BCUT2D eigenvalue weighted by atomic mass is 15.1. The van der Waals surface area contributed by atoms with E-state index in [-0.39, 0.29) is 0 Å². The minimum absolute atomic E-state index is 0.509. The van der Waals surface area contributed by atoms with Crippen LogP contribution >= 0.6 is 0 Å². The molecule has 0 saturated heterocycles. The Balaban J connectivity index is 1.24. The van der Waals surface area contributed by atoms with Crippen LogP contribution in [0.5, 0.6) is 0 Å². The van der Waals surface area contributed by atoms with E-state index in [1.54, 1.807) is 5.56 Å². The van der Waals surface area contributed by atoms with Gasteiger partial charge >= 0.3 is 0 Å². The fraction of sp³-hybridized carbons (Fsp3) is 0.690. The smallest absolute Gasteiger partial charge is 0.0346 e. The second kappa shape index (κ2) is 7.58. The lowest BCUT2D eigenvalue weighted by Gasteiger charge is -2.56. The summed E-state index contributed by atoms with van der Waals surface area (Å²) >= 11 is 0. The molecule has 8 atom stereocenters. The van der Waals surface area contributed by atoms with E-state index in [0.29, 0.717) is 5.41 Å². The van der Waals surface area contributed by atoms with E-state index in [1.807, 2.05) is 12.4 Å². The van der Waals surface area contributed by atoms with Gasteiger partial charge in [0.2, 0.25) is 0 Å². The average Bonchev–Trinajstić information content (AvgIpc) is 3.15. The van der Waals surface area contributed by atoms with Crippen molar-refractivity contribution in [2.75, 3.05) is 14.1 Å². The maximum atomic E-state index is 4.31. The zero-order valence-corrected chi connectivity index (χ0v) is 19.8. The number of aromatic nitrogens is 1. The SMILES string of the molecule is CN(C)[C@H]1CC[C@H]2[C@@H](CC[C@@H]3[C@@H]2CC[C@]2(C)[C@@H](c4ccc5cnccc5c4)CC[C@@H]32)C1. The van der Waals surface area contributed by atoms with E-state index in [2.05, 4.69) is 55.2 Å². The third-order valence-corrected chi connectivity index (χ3v) is 10.7. The maximum Gasteiger partial charge on any atom is 0.0346 e. The number of hydrogen-bond acceptors (Lipinski definition) is 2. The second-order valence-electron chi connectivity index (χ2n) is 12.0. The van der Waals surface area contributed by atoms with Gasteiger partial charge in [-0.05, 0) is 130 Å². The van der Waals surface area contributed by atoms with E-state index in [4.69, 9.17) is 0 Å². The summed E-state index contributed by atoms with van der Waals surface area (Å²) in [5.41, 5.74) is 2.11. The van der Waals surface area contributed by atoms with Crippen LogP contribution in [0.1, 0.15) is 76.2 Å². The lowest BCUT2D eigenvalue weighted by Crippen LogP contribution is -2.49. The van der Waals surface area contributed by atoms with Gasteiger partial charge in [-0.15, -0.1) is 0 Å². The quantitative estimate of drug-likeness (QED) is 0.529. The van der Waals surface area contributed by atoms with Crippen LogP contribution in [0.2, 0.25) is 0 Å². The largest absolute Gasteiger partial charge is 0.306 e. The fourth-order valence-electron chi connectivity index (χ4n) is 9.16. The van der Waals surface area contributed by atoms with Gasteiger partial charge in [0.15, 0.2) is 0 Å². The number of pyridine rings is 1. The first-order valence-corrected chi connectivity index (χ1v) is 13.0. The molecule has 0 unspecified atom stereocenters. The van der Waals surface area contributed by atoms with Gasteiger partial charge in [0, 0.05) is 23.8 Å². The third-order valence-electron chi connectivity index (χ3n) is 10.7. The van der Waals surface area contributed by atoms with Crippen molar-refractivity contribution in [2.24, 2.45) is 35.0 Å². The Morgan fingerprint density at radius 3 is 2.61 bits per heavy atom. The van der Waals surface area contributed by atoms with E-state index in [9.17, 15) is 0 Å². The van der Waals surface area contributed by atoms with E-state index < -0.39 is 0 Å². The van der Waals surface area contributed by atoms with E-state index in [1.165, 1.54) is 68.6 Å². The van der Waals surface area contributed by atoms with Crippen LogP contribution in [0.3, 0.4) is 0 Å². The standard InChI is InChI=1S/C29H40N2/c1-29-14-12-25-24-9-7-23(31(2)3)17-20(24)6-8-26(25)28(29)11-10-27(29)21-4-5-22-18-30-15-13-19(22)16-21/h4-5,13,15-16,18,20,23-28H,6-12,14,17H2,1-3H3/t20-,23-,24-,25+,26+,27+,28-,29+/m0/s1. The Kier molecular flexibility index (Phi) is 4.94. The molecule has 2 heteroatoms. The summed E-state index contributed by atoms with van der Waals surface area (Å²) in [4.78, 5) is 6.81. The number of nitrogens with zero attached hydrogens (tertiary/aromatic N) is 2. The molecule has 1 aromatic heterocycles. The van der Waals surface area contributed by atoms with Crippen molar-refractivity contribution < 1.29 is 0 Å². The highest BCUT2D eigenvalue weighted by Crippen LogP contribution is 2.66. The third kappa shape index (κ3) is 3.19. The zero-order chi connectivity index (χ0) is 21.2. The van der Waals surface area contributed by atoms with Crippen molar-refractivity contribution in [3.8, 4) is 0 Å². The molecule has 1 heterocycles. The zero-order valence-electron chi connectivity index (χ0n) is 19.8. The predicted molar refractivity (Wildman–Crippen MR) is 129 cm³/mol. The average molecular weight is 417 g/mol. The first-order valence-electron chi connectivity index (χ1n) is 13.0. The minimum Gasteiger partial charge on any atom is -0.306 e. The molecular formula is C29H40N2. The minimum atomic E-state index is 0.509. The van der Waals surface area contributed by atoms with Crippen molar-refractivity contribution in [1.29, 1.82) is 0 Å². The van der Waals surface area contributed by atoms with Crippen LogP contribution in [0.25, 0.3) is 10.8 Å². The Morgan fingerprint density at radius 1 is 0.871 bits per heavy atom. The van der Waals surface area contributed by atoms with Crippen molar-refractivity contribution in [2.45, 2.75) is 76.7 Å². The van der Waals surface area contributed by atoms with Crippen LogP contribution < -0.4 is 0 Å². The van der Waals surface area contributed by atoms with Gasteiger partial charge < -0.3 is 4.90 Å². The van der Waals surface area contributed by atoms with Crippen molar-refractivity contribution >= 4 is 10.8 Å². The molecule has 0 aliphatic heterocycles. The van der Waals surface area contributed by atoms with Crippen molar-refractivity contribution in [1.82, 2.24) is 9.88 Å². The van der Waals surface area contributed by atoms with Gasteiger partial charge in [-0.3, -0.25) is 4.98 Å². The highest BCUT2D eigenvalue weighted by Gasteiger charge is 2.57. The highest BCUT2D eigenvalue weighted by molar-refractivity contribution is 5.82. The molecule has 6 rings (SSSR count). The van der Waals surface area contributed by atoms with Gasteiger partial charge in [-0.2, -0.15) is 0 Å². The van der Waals surface area contributed by atoms with Gasteiger partial charge in [-0.1, -0.05) is 25.1 Å². The van der Waals surface area contributed by atoms with E-state index >= 15 is 0 Å². The van der Waals surface area contributed by atoms with Crippen LogP contribution in [0.4, 0.5) is 0 Å². The fourth-order valence-corrected chi connectivity index (χ4v) is 9.16. The molecule has 166 valence electrons. The summed E-state index contributed by atoms with van der Waals surface area (Å²) in [6, 6.07) is 10.3. The molecule has 4 saturated carbocycles. The van der Waals surface area contributed by atoms with Crippen LogP contribution in [0.15, 0.2) is 36.7 Å². The molecule has 1 aromatic carbocycles. The summed E-state index contributed by atoms with van der Waals surface area (Å²) < 4.78 is 0. The summed E-state index contributed by atoms with van der Waals surface area (Å²) in [5.74, 6) is 5.78. The number of benzene rings is 1. The molecule has 0 bridgehead atoms. The first kappa shape index (κ1) is 20.2. The molecule has 2 nitrogen and oxygen atoms in total. The Morgan fingerprint density at radius 2 is 1.74 bits per heavy atom. The second-order valence-corrected chi connectivity index (χ2v) is 12.0. The molecule has 4 fully saturated rings. The molecule has 0 radical (unpaired) electrons. The predicted octanol–water partition coefficient (Wildman–Crippen LogP) is 6.90. The van der Waals surface area contributed by atoms with Crippen LogP contribution in [-0.4, -0.2) is 30.0 Å². The number of rotatable bonds is 2. The molecule has 4 aliphatic carbocycles. The summed E-state index contributed by atoms with van der Waals surface area (Å²) in [7, 11) is 4.59. The van der Waals surface area contributed by atoms with Crippen LogP contribution in [-0.2, 0) is 0 Å². The summed E-state index contributed by atoms with van der Waals surface area (Å²) in [6.45, 7) is 2.68. The molecule has 31 heavy (non-hydrogen) atoms. The number of fused-ring (bicyclic) bond motifs is 6. The van der Waals surface area contributed by atoms with Crippen LogP contribution in [0, 0.1) is 35.0 Å². The molecule has 0 amide bonds. The normalized spacial score (nSPS) is 42.3. The maximum absolute atomic E-state index is 4.31. The molecule has 4 aliphatic rings. The lowest BCUT2D eigenvalue weighted by molar-refractivity contribution is -0.0624. The van der Waals surface area contributed by atoms with Gasteiger partial charge in [0.05, 0.1) is 0 Å². The number of hydrogen-bond donors (Lipinski definition) is 0. The van der Waals surface area contributed by atoms with E-state index in [0.717, 1.165) is 41.5 Å². The topological polar surface area (TPSA) is 16.1 Å². The van der Waals surface area contributed by atoms with Gasteiger partial charge in [0.25, 0.3) is 0 Å². The summed E-state index contributed by atoms with van der Waals surface area (Å²) in [5, 5.41) is 2.65. The van der Waals surface area contributed by atoms with Gasteiger partial charge in [0.1, 0.15) is 0 Å². The molecule has 2 aromatic rings. The monoisotopic (exact) mass is 416 g/mol. The Hall–Kier alpha value is -1.41. The molecule has 0 N–H and O–H groups in total. The Labute approximate surface area is 188 Å². The summed E-state index contributed by atoms with van der Waals surface area (Å²) in [6.07, 6.45) is 17.2. The Bertz CT molecular complexity index is 951. The van der Waals surface area contributed by atoms with Gasteiger partial charge in [-0.25, -0.2) is 0 Å². The molecular weight excluding hydrogens is 376 g/mol. The first-order chi connectivity index (χ1) is 15.0. The lowest BCUT2D eigenvalue weighted by atomic mass is 9.49.